The number of amides is 1. The summed E-state index contributed by atoms with van der Waals surface area (Å²) in [7, 11) is -3.67. The van der Waals surface area contributed by atoms with Crippen LogP contribution in [0.1, 0.15) is 26.3 Å². The van der Waals surface area contributed by atoms with E-state index in [-0.39, 0.29) is 13.2 Å². The van der Waals surface area contributed by atoms with Crippen LogP contribution < -0.4 is 19.1 Å². The SMILES string of the molecule is CCOc1ccc(N([C@@H](C)C(=O)NCCOc2ccc(CC)cc2)S(C)(=O)=O)cc1. The van der Waals surface area contributed by atoms with Crippen LogP contribution >= 0.6 is 0 Å². The predicted molar refractivity (Wildman–Crippen MR) is 119 cm³/mol. The number of carbonyl (C=O) groups is 1. The Morgan fingerprint density at radius 3 is 2.10 bits per heavy atom. The summed E-state index contributed by atoms with van der Waals surface area (Å²) >= 11 is 0. The molecule has 0 aliphatic carbocycles. The molecule has 0 fully saturated rings. The summed E-state index contributed by atoms with van der Waals surface area (Å²) in [4.78, 5) is 12.6. The second-order valence-electron chi connectivity index (χ2n) is 6.80. The van der Waals surface area contributed by atoms with Gasteiger partial charge in [-0.15, -0.1) is 0 Å². The van der Waals surface area contributed by atoms with Crippen LogP contribution in [0.25, 0.3) is 0 Å². The van der Waals surface area contributed by atoms with E-state index in [0.29, 0.717) is 18.0 Å². The average molecular weight is 435 g/mol. The Balaban J connectivity index is 1.96. The third-order valence-electron chi connectivity index (χ3n) is 4.49. The van der Waals surface area contributed by atoms with Gasteiger partial charge in [-0.3, -0.25) is 9.10 Å². The molecular weight excluding hydrogens is 404 g/mol. The monoisotopic (exact) mass is 434 g/mol. The molecule has 0 aromatic heterocycles. The summed E-state index contributed by atoms with van der Waals surface area (Å²) in [5.74, 6) is 0.955. The van der Waals surface area contributed by atoms with Crippen LogP contribution in [-0.2, 0) is 21.2 Å². The molecule has 30 heavy (non-hydrogen) atoms. The van der Waals surface area contributed by atoms with Crippen molar-refractivity contribution in [2.24, 2.45) is 0 Å². The zero-order chi connectivity index (χ0) is 22.1. The first-order valence-electron chi connectivity index (χ1n) is 9.98. The van der Waals surface area contributed by atoms with Crippen molar-refractivity contribution < 1.29 is 22.7 Å². The summed E-state index contributed by atoms with van der Waals surface area (Å²) < 4.78 is 36.8. The van der Waals surface area contributed by atoms with Crippen LogP contribution in [-0.4, -0.2) is 46.4 Å². The van der Waals surface area contributed by atoms with Gasteiger partial charge in [0.15, 0.2) is 0 Å². The standard InChI is InChI=1S/C22H30N2O5S/c1-5-18-7-11-21(12-8-18)29-16-15-23-22(25)17(3)24(30(4,26)27)19-9-13-20(14-10-19)28-6-2/h7-14,17H,5-6,15-16H2,1-4H3,(H,23,25)/t17-/m0/s1. The number of hydrogen-bond acceptors (Lipinski definition) is 5. The van der Waals surface area contributed by atoms with Gasteiger partial charge < -0.3 is 14.8 Å². The number of rotatable bonds is 11. The molecule has 0 aliphatic heterocycles. The minimum Gasteiger partial charge on any atom is -0.494 e. The molecular formula is C22H30N2O5S. The molecule has 7 nitrogen and oxygen atoms in total. The molecule has 1 amide bonds. The first-order chi connectivity index (χ1) is 14.3. The summed E-state index contributed by atoms with van der Waals surface area (Å²) in [5, 5.41) is 2.73. The molecule has 164 valence electrons. The maximum atomic E-state index is 12.6. The normalized spacial score (nSPS) is 12.1. The van der Waals surface area contributed by atoms with Crippen molar-refractivity contribution in [3.63, 3.8) is 0 Å². The molecule has 0 radical (unpaired) electrons. The van der Waals surface area contributed by atoms with Gasteiger partial charge in [0, 0.05) is 0 Å². The molecule has 0 heterocycles. The number of nitrogens with zero attached hydrogens (tertiary/aromatic N) is 1. The number of benzene rings is 2. The van der Waals surface area contributed by atoms with Crippen molar-refractivity contribution in [2.75, 3.05) is 30.3 Å². The molecule has 0 saturated carbocycles. The lowest BCUT2D eigenvalue weighted by atomic mass is 10.2. The maximum Gasteiger partial charge on any atom is 0.243 e. The highest BCUT2D eigenvalue weighted by molar-refractivity contribution is 7.92. The fraction of sp³-hybridized carbons (Fsp3) is 0.409. The van der Waals surface area contributed by atoms with Gasteiger partial charge in [-0.2, -0.15) is 0 Å². The van der Waals surface area contributed by atoms with Crippen molar-refractivity contribution >= 4 is 21.6 Å². The van der Waals surface area contributed by atoms with Crippen LogP contribution in [0.3, 0.4) is 0 Å². The Morgan fingerprint density at radius 2 is 1.57 bits per heavy atom. The van der Waals surface area contributed by atoms with Gasteiger partial charge in [-0.25, -0.2) is 8.42 Å². The van der Waals surface area contributed by atoms with Gasteiger partial charge in [0.05, 0.1) is 25.1 Å². The molecule has 8 heteroatoms. The number of sulfonamides is 1. The van der Waals surface area contributed by atoms with Crippen molar-refractivity contribution in [1.82, 2.24) is 5.32 Å². The van der Waals surface area contributed by atoms with E-state index in [9.17, 15) is 13.2 Å². The highest BCUT2D eigenvalue weighted by Crippen LogP contribution is 2.24. The smallest absolute Gasteiger partial charge is 0.243 e. The quantitative estimate of drug-likeness (QED) is 0.550. The fourth-order valence-corrected chi connectivity index (χ4v) is 4.15. The molecule has 0 saturated heterocycles. The van der Waals surface area contributed by atoms with Gasteiger partial charge in [0.25, 0.3) is 0 Å². The predicted octanol–water partition coefficient (Wildman–Crippen LogP) is 3.00. The molecule has 2 rings (SSSR count). The summed E-state index contributed by atoms with van der Waals surface area (Å²) in [5.41, 5.74) is 1.62. The van der Waals surface area contributed by atoms with E-state index in [4.69, 9.17) is 9.47 Å². The maximum absolute atomic E-state index is 12.6. The molecule has 2 aromatic carbocycles. The van der Waals surface area contributed by atoms with Crippen LogP contribution in [0.2, 0.25) is 0 Å². The van der Waals surface area contributed by atoms with E-state index in [1.807, 2.05) is 31.2 Å². The molecule has 0 unspecified atom stereocenters. The number of carbonyl (C=O) groups excluding carboxylic acids is 1. The highest BCUT2D eigenvalue weighted by atomic mass is 32.2. The van der Waals surface area contributed by atoms with Crippen LogP contribution in [0.15, 0.2) is 48.5 Å². The highest BCUT2D eigenvalue weighted by Gasteiger charge is 2.28. The Bertz CT molecular complexity index is 912. The summed E-state index contributed by atoms with van der Waals surface area (Å²) in [6.45, 7) is 6.56. The minimum absolute atomic E-state index is 0.263. The van der Waals surface area contributed by atoms with Crippen molar-refractivity contribution in [2.45, 2.75) is 33.2 Å². The number of nitrogens with one attached hydrogen (secondary N) is 1. The second kappa shape index (κ2) is 10.9. The molecule has 0 spiro atoms. The van der Waals surface area contributed by atoms with Gasteiger partial charge in [-0.05, 0) is 62.2 Å². The summed E-state index contributed by atoms with van der Waals surface area (Å²) in [6, 6.07) is 13.5. The minimum atomic E-state index is -3.67. The van der Waals surface area contributed by atoms with Crippen LogP contribution in [0, 0.1) is 0 Å². The number of aryl methyl sites for hydroxylation is 1. The van der Waals surface area contributed by atoms with E-state index in [1.165, 1.54) is 5.56 Å². The second-order valence-corrected chi connectivity index (χ2v) is 8.66. The molecule has 2 aromatic rings. The van der Waals surface area contributed by atoms with Crippen LogP contribution in [0.5, 0.6) is 11.5 Å². The van der Waals surface area contributed by atoms with E-state index in [2.05, 4.69) is 12.2 Å². The lowest BCUT2D eigenvalue weighted by Gasteiger charge is -2.28. The van der Waals surface area contributed by atoms with Crippen molar-refractivity contribution in [1.29, 1.82) is 0 Å². The van der Waals surface area contributed by atoms with Gasteiger partial charge in [-0.1, -0.05) is 19.1 Å². The zero-order valence-corrected chi connectivity index (χ0v) is 18.7. The van der Waals surface area contributed by atoms with Crippen LogP contribution in [0.4, 0.5) is 5.69 Å². The largest absolute Gasteiger partial charge is 0.494 e. The lowest BCUT2D eigenvalue weighted by Crippen LogP contribution is -2.48. The summed E-state index contributed by atoms with van der Waals surface area (Å²) in [6.07, 6.45) is 2.04. The van der Waals surface area contributed by atoms with E-state index in [0.717, 1.165) is 22.7 Å². The Labute approximate surface area is 179 Å². The van der Waals surface area contributed by atoms with E-state index >= 15 is 0 Å². The number of hydrogen-bond donors (Lipinski definition) is 1. The zero-order valence-electron chi connectivity index (χ0n) is 17.9. The Hall–Kier alpha value is -2.74. The third kappa shape index (κ3) is 6.66. The van der Waals surface area contributed by atoms with E-state index in [1.54, 1.807) is 31.2 Å². The molecule has 0 aliphatic rings. The number of ether oxygens (including phenoxy) is 2. The first-order valence-corrected chi connectivity index (χ1v) is 11.8. The fourth-order valence-electron chi connectivity index (χ4n) is 2.98. The van der Waals surface area contributed by atoms with Gasteiger partial charge in [0.2, 0.25) is 15.9 Å². The van der Waals surface area contributed by atoms with Crippen molar-refractivity contribution in [3.05, 3.63) is 54.1 Å². The Morgan fingerprint density at radius 1 is 1.00 bits per heavy atom. The first kappa shape index (κ1) is 23.5. The van der Waals surface area contributed by atoms with Gasteiger partial charge >= 0.3 is 0 Å². The molecule has 1 atom stereocenters. The third-order valence-corrected chi connectivity index (χ3v) is 5.73. The lowest BCUT2D eigenvalue weighted by molar-refractivity contribution is -0.121. The topological polar surface area (TPSA) is 84.9 Å². The average Bonchev–Trinajstić information content (AvgIpc) is 2.72. The molecule has 0 bridgehead atoms. The Kier molecular flexibility index (Phi) is 8.53. The van der Waals surface area contributed by atoms with Gasteiger partial charge in [0.1, 0.15) is 24.1 Å². The van der Waals surface area contributed by atoms with E-state index < -0.39 is 22.0 Å². The number of anilines is 1. The molecule has 1 N–H and O–H groups in total. The van der Waals surface area contributed by atoms with Crippen molar-refractivity contribution in [3.8, 4) is 11.5 Å².